The number of carbonyl (C=O) groups is 1. The second-order valence-corrected chi connectivity index (χ2v) is 5.39. The van der Waals surface area contributed by atoms with Crippen molar-refractivity contribution in [1.29, 1.82) is 0 Å². The Morgan fingerprint density at radius 3 is 2.95 bits per heavy atom. The Morgan fingerprint density at radius 2 is 2.14 bits per heavy atom. The van der Waals surface area contributed by atoms with Crippen LogP contribution in [0.1, 0.15) is 17.0 Å². The summed E-state index contributed by atoms with van der Waals surface area (Å²) in [5.41, 5.74) is 2.78. The Labute approximate surface area is 127 Å². The highest BCUT2D eigenvalue weighted by atomic mass is 35.5. The highest BCUT2D eigenvalue weighted by Gasteiger charge is 2.27. The lowest BCUT2D eigenvalue weighted by molar-refractivity contribution is -0.122. The van der Waals surface area contributed by atoms with Gasteiger partial charge in [0.1, 0.15) is 5.82 Å². The van der Waals surface area contributed by atoms with Gasteiger partial charge in [0.25, 0.3) is 0 Å². The van der Waals surface area contributed by atoms with E-state index in [9.17, 15) is 9.18 Å². The number of hydrogen-bond acceptors (Lipinski definition) is 2. The number of benzene rings is 2. The van der Waals surface area contributed by atoms with E-state index in [1.54, 1.807) is 6.07 Å². The Balaban J connectivity index is 1.66. The molecule has 0 saturated heterocycles. The number of fused-ring (bicyclic) bond motifs is 1. The van der Waals surface area contributed by atoms with Gasteiger partial charge < -0.3 is 10.6 Å². The molecule has 1 aliphatic heterocycles. The third-order valence-corrected chi connectivity index (χ3v) is 3.89. The molecule has 3 nitrogen and oxygen atoms in total. The summed E-state index contributed by atoms with van der Waals surface area (Å²) in [4.78, 5) is 12.3. The van der Waals surface area contributed by atoms with Crippen molar-refractivity contribution in [2.24, 2.45) is 0 Å². The van der Waals surface area contributed by atoms with E-state index in [2.05, 4.69) is 10.6 Å². The molecule has 3 rings (SSSR count). The molecule has 0 radical (unpaired) electrons. The van der Waals surface area contributed by atoms with E-state index < -0.39 is 5.82 Å². The molecule has 0 aliphatic carbocycles. The fourth-order valence-electron chi connectivity index (χ4n) is 2.48. The van der Waals surface area contributed by atoms with Crippen LogP contribution in [-0.2, 0) is 11.3 Å². The quantitative estimate of drug-likeness (QED) is 0.913. The van der Waals surface area contributed by atoms with Gasteiger partial charge in [0, 0.05) is 18.8 Å². The van der Waals surface area contributed by atoms with E-state index in [4.69, 9.17) is 11.6 Å². The van der Waals surface area contributed by atoms with Crippen molar-refractivity contribution in [1.82, 2.24) is 5.32 Å². The van der Waals surface area contributed by atoms with Crippen LogP contribution in [0.15, 0.2) is 42.5 Å². The van der Waals surface area contributed by atoms with Crippen molar-refractivity contribution in [2.45, 2.75) is 12.5 Å². The van der Waals surface area contributed by atoms with Crippen LogP contribution in [-0.4, -0.2) is 12.5 Å². The molecule has 1 amide bonds. The van der Waals surface area contributed by atoms with Crippen LogP contribution in [0.2, 0.25) is 5.02 Å². The summed E-state index contributed by atoms with van der Waals surface area (Å²) in [6, 6.07) is 12.2. The van der Waals surface area contributed by atoms with E-state index in [-0.39, 0.29) is 16.8 Å². The summed E-state index contributed by atoms with van der Waals surface area (Å²) in [5.74, 6) is -0.703. The van der Waals surface area contributed by atoms with Gasteiger partial charge in [-0.1, -0.05) is 35.9 Å². The first-order valence-corrected chi connectivity index (χ1v) is 7.07. The third-order valence-electron chi connectivity index (χ3n) is 3.60. The summed E-state index contributed by atoms with van der Waals surface area (Å²) >= 11 is 5.73. The predicted octanol–water partition coefficient (Wildman–Crippen LogP) is 3.30. The van der Waals surface area contributed by atoms with Gasteiger partial charge in [-0.05, 0) is 29.3 Å². The zero-order valence-corrected chi connectivity index (χ0v) is 12.0. The standard InChI is InChI=1S/C16H14ClFN2O/c17-13-7-10(5-6-14(13)18)8-20-16(21)12-9-19-15-4-2-1-3-11(12)15/h1-7,12,19H,8-9H2,(H,20,21). The Bertz CT molecular complexity index is 690. The van der Waals surface area contributed by atoms with Gasteiger partial charge in [-0.3, -0.25) is 4.79 Å². The van der Waals surface area contributed by atoms with Crippen LogP contribution in [0.3, 0.4) is 0 Å². The lowest BCUT2D eigenvalue weighted by atomic mass is 10.0. The molecule has 1 atom stereocenters. The van der Waals surface area contributed by atoms with Gasteiger partial charge in [0.2, 0.25) is 5.91 Å². The minimum Gasteiger partial charge on any atom is -0.384 e. The minimum absolute atomic E-state index is 0.0482. The summed E-state index contributed by atoms with van der Waals surface area (Å²) < 4.78 is 13.1. The number of rotatable bonds is 3. The van der Waals surface area contributed by atoms with Crippen molar-refractivity contribution in [2.75, 3.05) is 11.9 Å². The first-order chi connectivity index (χ1) is 10.1. The molecule has 0 saturated carbocycles. The fourth-order valence-corrected chi connectivity index (χ4v) is 2.68. The molecule has 5 heteroatoms. The Kier molecular flexibility index (Phi) is 3.80. The van der Waals surface area contributed by atoms with Gasteiger partial charge in [-0.2, -0.15) is 0 Å². The third kappa shape index (κ3) is 2.85. The summed E-state index contributed by atoms with van der Waals surface area (Å²) in [7, 11) is 0. The molecule has 0 spiro atoms. The zero-order chi connectivity index (χ0) is 14.8. The summed E-state index contributed by atoms with van der Waals surface area (Å²) in [5, 5.41) is 6.15. The van der Waals surface area contributed by atoms with Crippen LogP contribution in [0.4, 0.5) is 10.1 Å². The SMILES string of the molecule is O=C(NCc1ccc(F)c(Cl)c1)C1CNc2ccccc21. The smallest absolute Gasteiger partial charge is 0.229 e. The van der Waals surface area contributed by atoms with Gasteiger partial charge in [0.05, 0.1) is 10.9 Å². The number of nitrogens with one attached hydrogen (secondary N) is 2. The number of anilines is 1. The van der Waals surface area contributed by atoms with Gasteiger partial charge in [0.15, 0.2) is 0 Å². The summed E-state index contributed by atoms with van der Waals surface area (Å²) in [6.45, 7) is 0.923. The van der Waals surface area contributed by atoms with E-state index in [0.717, 1.165) is 16.8 Å². The number of amides is 1. The molecular formula is C16H14ClFN2O. The number of para-hydroxylation sites is 1. The number of hydrogen-bond donors (Lipinski definition) is 2. The van der Waals surface area contributed by atoms with Crippen LogP contribution in [0, 0.1) is 5.82 Å². The van der Waals surface area contributed by atoms with Crippen molar-refractivity contribution in [3.05, 3.63) is 64.4 Å². The highest BCUT2D eigenvalue weighted by molar-refractivity contribution is 6.30. The molecule has 1 aliphatic rings. The molecule has 0 aromatic heterocycles. The largest absolute Gasteiger partial charge is 0.384 e. The van der Waals surface area contributed by atoms with E-state index in [1.807, 2.05) is 24.3 Å². The average Bonchev–Trinajstić information content (AvgIpc) is 2.92. The fraction of sp³-hybridized carbons (Fsp3) is 0.188. The monoisotopic (exact) mass is 304 g/mol. The molecule has 0 bridgehead atoms. The minimum atomic E-state index is -0.458. The maximum Gasteiger partial charge on any atom is 0.229 e. The molecule has 1 unspecified atom stereocenters. The van der Waals surface area contributed by atoms with Gasteiger partial charge >= 0.3 is 0 Å². The Morgan fingerprint density at radius 1 is 1.33 bits per heavy atom. The number of halogens is 2. The maximum atomic E-state index is 13.1. The van der Waals surface area contributed by atoms with Crippen molar-refractivity contribution >= 4 is 23.2 Å². The van der Waals surface area contributed by atoms with Crippen molar-refractivity contribution < 1.29 is 9.18 Å². The van der Waals surface area contributed by atoms with Gasteiger partial charge in [-0.15, -0.1) is 0 Å². The average molecular weight is 305 g/mol. The highest BCUT2D eigenvalue weighted by Crippen LogP contribution is 2.31. The molecule has 21 heavy (non-hydrogen) atoms. The van der Waals surface area contributed by atoms with E-state index in [0.29, 0.717) is 13.1 Å². The molecule has 0 fully saturated rings. The number of carbonyl (C=O) groups excluding carboxylic acids is 1. The topological polar surface area (TPSA) is 41.1 Å². The second kappa shape index (κ2) is 5.74. The van der Waals surface area contributed by atoms with E-state index in [1.165, 1.54) is 12.1 Å². The van der Waals surface area contributed by atoms with Crippen LogP contribution < -0.4 is 10.6 Å². The first-order valence-electron chi connectivity index (χ1n) is 6.69. The predicted molar refractivity (Wildman–Crippen MR) is 80.9 cm³/mol. The maximum absolute atomic E-state index is 13.1. The van der Waals surface area contributed by atoms with Crippen LogP contribution in [0.5, 0.6) is 0 Å². The molecule has 2 N–H and O–H groups in total. The molecule has 108 valence electrons. The first kappa shape index (κ1) is 13.9. The molecular weight excluding hydrogens is 291 g/mol. The van der Waals surface area contributed by atoms with Crippen LogP contribution >= 0.6 is 11.6 Å². The lowest BCUT2D eigenvalue weighted by Crippen LogP contribution is -2.29. The van der Waals surface area contributed by atoms with Crippen molar-refractivity contribution in [3.63, 3.8) is 0 Å². The van der Waals surface area contributed by atoms with Crippen LogP contribution in [0.25, 0.3) is 0 Å². The summed E-state index contributed by atoms with van der Waals surface area (Å²) in [6.07, 6.45) is 0. The van der Waals surface area contributed by atoms with Crippen molar-refractivity contribution in [3.8, 4) is 0 Å². The normalized spacial score (nSPS) is 16.2. The second-order valence-electron chi connectivity index (χ2n) is 4.99. The van der Waals surface area contributed by atoms with E-state index >= 15 is 0 Å². The molecule has 2 aromatic rings. The lowest BCUT2D eigenvalue weighted by Gasteiger charge is -2.11. The van der Waals surface area contributed by atoms with Gasteiger partial charge in [-0.25, -0.2) is 4.39 Å². The molecule has 2 aromatic carbocycles. The molecule has 1 heterocycles. The zero-order valence-electron chi connectivity index (χ0n) is 11.2. The Hall–Kier alpha value is -2.07.